The van der Waals surface area contributed by atoms with E-state index in [0.717, 1.165) is 12.0 Å². The van der Waals surface area contributed by atoms with Gasteiger partial charge in [-0.3, -0.25) is 9.59 Å². The fourth-order valence-electron chi connectivity index (χ4n) is 4.71. The third kappa shape index (κ3) is 5.68. The molecule has 0 spiro atoms. The molecule has 1 aliphatic heterocycles. The first-order valence-corrected chi connectivity index (χ1v) is 13.1. The van der Waals surface area contributed by atoms with Crippen LogP contribution in [0.5, 0.6) is 11.5 Å². The van der Waals surface area contributed by atoms with E-state index in [-0.39, 0.29) is 23.1 Å². The molecule has 0 bridgehead atoms. The standard InChI is InChI=1S/C29H32N2O4S/c1-20(32)31-25(19-36-29(31)23-14-15-26(34-2)27(18-23)35-3)28(33)30-17-16-24(21-10-6-4-7-11-21)22-12-8-5-9-13-22/h4-15,18,24-25,29H,16-17,19H2,1-3H3,(H,30,33). The van der Waals surface area contributed by atoms with Gasteiger partial charge in [-0.25, -0.2) is 0 Å². The van der Waals surface area contributed by atoms with Crippen LogP contribution < -0.4 is 14.8 Å². The van der Waals surface area contributed by atoms with Crippen LogP contribution in [0.25, 0.3) is 0 Å². The molecule has 0 aromatic heterocycles. The lowest BCUT2D eigenvalue weighted by atomic mass is 9.88. The van der Waals surface area contributed by atoms with Crippen molar-refractivity contribution >= 4 is 23.6 Å². The van der Waals surface area contributed by atoms with Crippen LogP contribution in [0.15, 0.2) is 78.9 Å². The second-order valence-electron chi connectivity index (χ2n) is 8.70. The third-order valence-electron chi connectivity index (χ3n) is 6.50. The summed E-state index contributed by atoms with van der Waals surface area (Å²) in [5, 5.41) is 2.84. The summed E-state index contributed by atoms with van der Waals surface area (Å²) in [6, 6.07) is 25.8. The van der Waals surface area contributed by atoms with Gasteiger partial charge < -0.3 is 19.7 Å². The second-order valence-corrected chi connectivity index (χ2v) is 9.81. The lowest BCUT2D eigenvalue weighted by Crippen LogP contribution is -2.47. The van der Waals surface area contributed by atoms with Gasteiger partial charge >= 0.3 is 0 Å². The lowest BCUT2D eigenvalue weighted by Gasteiger charge is -2.28. The van der Waals surface area contributed by atoms with E-state index in [1.165, 1.54) is 18.1 Å². The van der Waals surface area contributed by atoms with Crippen molar-refractivity contribution in [2.75, 3.05) is 26.5 Å². The highest BCUT2D eigenvalue weighted by molar-refractivity contribution is 7.99. The topological polar surface area (TPSA) is 67.9 Å². The van der Waals surface area contributed by atoms with Crippen molar-refractivity contribution in [2.24, 2.45) is 0 Å². The highest BCUT2D eigenvalue weighted by Crippen LogP contribution is 2.43. The molecule has 6 nitrogen and oxygen atoms in total. The van der Waals surface area contributed by atoms with E-state index >= 15 is 0 Å². The normalized spacial score (nSPS) is 17.2. The number of amides is 2. The zero-order valence-electron chi connectivity index (χ0n) is 20.8. The number of carbonyl (C=O) groups excluding carboxylic acids is 2. The zero-order chi connectivity index (χ0) is 25.5. The predicted molar refractivity (Wildman–Crippen MR) is 143 cm³/mol. The Hall–Kier alpha value is -3.45. The van der Waals surface area contributed by atoms with E-state index in [0.29, 0.717) is 23.8 Å². The van der Waals surface area contributed by atoms with E-state index < -0.39 is 6.04 Å². The van der Waals surface area contributed by atoms with Gasteiger partial charge in [-0.2, -0.15) is 0 Å². The van der Waals surface area contributed by atoms with E-state index in [9.17, 15) is 9.59 Å². The molecule has 1 heterocycles. The molecule has 2 amide bonds. The number of methoxy groups -OCH3 is 2. The summed E-state index contributed by atoms with van der Waals surface area (Å²) >= 11 is 1.58. The van der Waals surface area contributed by atoms with Crippen molar-refractivity contribution in [1.29, 1.82) is 0 Å². The van der Waals surface area contributed by atoms with Gasteiger partial charge in [0.1, 0.15) is 11.4 Å². The molecule has 1 saturated heterocycles. The Morgan fingerprint density at radius 3 is 2.11 bits per heavy atom. The average Bonchev–Trinajstić information content (AvgIpc) is 3.37. The molecule has 2 unspecified atom stereocenters. The largest absolute Gasteiger partial charge is 0.493 e. The Labute approximate surface area is 217 Å². The molecule has 36 heavy (non-hydrogen) atoms. The number of ether oxygens (including phenoxy) is 2. The first-order chi connectivity index (χ1) is 17.5. The molecule has 0 radical (unpaired) electrons. The summed E-state index contributed by atoms with van der Waals surface area (Å²) in [4.78, 5) is 27.6. The van der Waals surface area contributed by atoms with Crippen LogP contribution in [0.4, 0.5) is 0 Å². The molecule has 0 aliphatic carbocycles. The zero-order valence-corrected chi connectivity index (χ0v) is 21.7. The predicted octanol–water partition coefficient (Wildman–Crippen LogP) is 5.00. The molecule has 2 atom stereocenters. The van der Waals surface area contributed by atoms with E-state index in [2.05, 4.69) is 29.6 Å². The van der Waals surface area contributed by atoms with Crippen molar-refractivity contribution < 1.29 is 19.1 Å². The molecular weight excluding hydrogens is 472 g/mol. The molecule has 188 valence electrons. The number of hydrogen-bond acceptors (Lipinski definition) is 5. The number of benzene rings is 3. The molecule has 3 aromatic carbocycles. The number of rotatable bonds is 9. The lowest BCUT2D eigenvalue weighted by molar-refractivity contribution is -0.138. The van der Waals surface area contributed by atoms with Crippen LogP contribution in [-0.2, 0) is 9.59 Å². The fraction of sp³-hybridized carbons (Fsp3) is 0.310. The van der Waals surface area contributed by atoms with Gasteiger partial charge in [-0.15, -0.1) is 11.8 Å². The summed E-state index contributed by atoms with van der Waals surface area (Å²) in [5.41, 5.74) is 3.33. The van der Waals surface area contributed by atoms with E-state index in [4.69, 9.17) is 9.47 Å². The molecule has 4 rings (SSSR count). The maximum Gasteiger partial charge on any atom is 0.243 e. The Morgan fingerprint density at radius 1 is 0.944 bits per heavy atom. The van der Waals surface area contributed by atoms with Crippen LogP contribution in [0.2, 0.25) is 0 Å². The van der Waals surface area contributed by atoms with Gasteiger partial charge in [-0.1, -0.05) is 66.7 Å². The monoisotopic (exact) mass is 504 g/mol. The first-order valence-electron chi connectivity index (χ1n) is 12.0. The summed E-state index contributed by atoms with van der Waals surface area (Å²) in [7, 11) is 3.17. The molecular formula is C29H32N2O4S. The average molecular weight is 505 g/mol. The molecule has 3 aromatic rings. The van der Waals surface area contributed by atoms with Crippen molar-refractivity contribution in [2.45, 2.75) is 30.7 Å². The van der Waals surface area contributed by atoms with Crippen molar-refractivity contribution in [1.82, 2.24) is 10.2 Å². The van der Waals surface area contributed by atoms with Crippen molar-refractivity contribution in [3.05, 3.63) is 95.6 Å². The summed E-state index contributed by atoms with van der Waals surface area (Å²) < 4.78 is 10.8. The van der Waals surface area contributed by atoms with Gasteiger partial charge in [-0.05, 0) is 35.2 Å². The molecule has 1 fully saturated rings. The second kappa shape index (κ2) is 12.0. The quantitative estimate of drug-likeness (QED) is 0.444. The Kier molecular flexibility index (Phi) is 8.54. The number of carbonyl (C=O) groups is 2. The minimum absolute atomic E-state index is 0.124. The SMILES string of the molecule is COc1ccc(C2SCC(C(=O)NCCC(c3ccccc3)c3ccccc3)N2C(C)=O)cc1OC. The van der Waals surface area contributed by atoms with Gasteiger partial charge in [0.05, 0.1) is 14.2 Å². The Morgan fingerprint density at radius 2 is 1.56 bits per heavy atom. The van der Waals surface area contributed by atoms with Crippen LogP contribution in [0, 0.1) is 0 Å². The van der Waals surface area contributed by atoms with Gasteiger partial charge in [0.2, 0.25) is 11.8 Å². The number of thioether (sulfide) groups is 1. The summed E-state index contributed by atoms with van der Waals surface area (Å²) in [6.45, 7) is 2.03. The molecule has 7 heteroatoms. The Balaban J connectivity index is 1.45. The minimum Gasteiger partial charge on any atom is -0.493 e. The third-order valence-corrected chi connectivity index (χ3v) is 7.82. The minimum atomic E-state index is -0.530. The van der Waals surface area contributed by atoms with Crippen LogP contribution >= 0.6 is 11.8 Å². The summed E-state index contributed by atoms with van der Waals surface area (Å²) in [6.07, 6.45) is 0.763. The van der Waals surface area contributed by atoms with Crippen LogP contribution in [-0.4, -0.2) is 49.3 Å². The van der Waals surface area contributed by atoms with Gasteiger partial charge in [0.25, 0.3) is 0 Å². The highest BCUT2D eigenvalue weighted by atomic mass is 32.2. The highest BCUT2D eigenvalue weighted by Gasteiger charge is 2.41. The van der Waals surface area contributed by atoms with Crippen LogP contribution in [0.3, 0.4) is 0 Å². The van der Waals surface area contributed by atoms with Crippen LogP contribution in [0.1, 0.15) is 41.3 Å². The smallest absolute Gasteiger partial charge is 0.243 e. The first kappa shape index (κ1) is 25.6. The number of hydrogen-bond donors (Lipinski definition) is 1. The molecule has 1 aliphatic rings. The number of nitrogens with zero attached hydrogens (tertiary/aromatic N) is 1. The number of nitrogens with one attached hydrogen (secondary N) is 1. The van der Waals surface area contributed by atoms with Crippen molar-refractivity contribution in [3.8, 4) is 11.5 Å². The van der Waals surface area contributed by atoms with Gasteiger partial charge in [0, 0.05) is 25.1 Å². The van der Waals surface area contributed by atoms with E-state index in [1.54, 1.807) is 30.9 Å². The van der Waals surface area contributed by atoms with Crippen molar-refractivity contribution in [3.63, 3.8) is 0 Å². The van der Waals surface area contributed by atoms with Gasteiger partial charge in [0.15, 0.2) is 11.5 Å². The van der Waals surface area contributed by atoms with E-state index in [1.807, 2.05) is 54.6 Å². The molecule has 0 saturated carbocycles. The molecule has 1 N–H and O–H groups in total. The summed E-state index contributed by atoms with van der Waals surface area (Å²) in [5.74, 6) is 1.67. The maximum absolute atomic E-state index is 13.3. The fourth-order valence-corrected chi connectivity index (χ4v) is 6.18. The Bertz CT molecular complexity index is 1130. The maximum atomic E-state index is 13.3.